The molecule has 0 aliphatic carbocycles. The van der Waals surface area contributed by atoms with Crippen molar-refractivity contribution in [3.8, 4) is 33.5 Å². The Labute approximate surface area is 883 Å². The average Bonchev–Trinajstić information content (AvgIpc) is 0.974. The number of allylic oxidation sites excluding steroid dienone is 1. The minimum absolute atomic E-state index is 0.0951. The highest BCUT2D eigenvalue weighted by Crippen LogP contribution is 2.45. The number of nitrogens with one attached hydrogen (secondary N) is 6. The standard InChI is InChI=1S/C38H46Cl2N8O3.C38H43F3N8O3.C35H40ClFN8O2/c1-25(49)47-12-9-26(10-13-47)27-21-33(39)35(34(40)22-27)32-20-28-23-41-38(44-36(28)48(37(32)50)15-14-46-16-18-51-19-17-46)43-30-7-5-29(6-8-30)42-31-4-3-11-45(2)24-31;1-24(50)48-19-5-6-33(48)25-7-12-30(32(21-25)38(39,40)41)31-20-26-22-43-37(45-35(26)49(36(31)52)23-34(51)47-17-3-4-18-47)44-27-8-10-28(11-9-27)46(2)29-13-15-42-16-14-29;1-22(2)44-10-5-24(21-44)25-16-29(36)32(39-18-25)28-15-26-19-40-35(42-33(26)45(34(28)46)20-23-6-13-47-14-7-23)41-27-3-4-31(30(37)17-27)43-11-8-38-9-12-43/h5-8,20-23,26,31,42H,3-4,9-19,24H2,1-2H3,(H,41,43,44);7-12,20-22,29,33,42H,3-6,13-19,23H2,1-2H3,(H,43,44,45);3-4,15-19,23-24,38H,1,5-14,20-21H2,2H3,(H,40,41,42). The van der Waals surface area contributed by atoms with E-state index in [9.17, 15) is 41.9 Å². The van der Waals surface area contributed by atoms with Crippen LogP contribution in [0.25, 0.3) is 66.6 Å². The number of amides is 3. The summed E-state index contributed by atoms with van der Waals surface area (Å²) in [5, 5.41) is 23.0. The number of hydrogen-bond acceptors (Lipinski definition) is 26. The highest BCUT2D eigenvalue weighted by atomic mass is 35.5. The zero-order valence-corrected chi connectivity index (χ0v) is 87.6. The molecule has 9 fully saturated rings. The van der Waals surface area contributed by atoms with Gasteiger partial charge in [0, 0.05) is 250 Å². The van der Waals surface area contributed by atoms with E-state index >= 15 is 4.39 Å². The number of benzene rings is 5. The van der Waals surface area contributed by atoms with Crippen molar-refractivity contribution in [2.75, 3.05) is 189 Å². The minimum atomic E-state index is -4.80. The van der Waals surface area contributed by atoms with Crippen LogP contribution in [0.1, 0.15) is 144 Å². The Balaban J connectivity index is 0.000000141. The van der Waals surface area contributed by atoms with E-state index < -0.39 is 23.3 Å². The van der Waals surface area contributed by atoms with E-state index in [1.54, 1.807) is 62.5 Å². The molecule has 9 aliphatic rings. The van der Waals surface area contributed by atoms with Crippen LogP contribution in [0.4, 0.5) is 69.5 Å². The number of piperazine rings is 1. The van der Waals surface area contributed by atoms with Gasteiger partial charge in [0.05, 0.1) is 62.4 Å². The predicted molar refractivity (Wildman–Crippen MR) is 582 cm³/mol. The average molecular weight is 2110 g/mol. The number of nitrogens with zero attached hydrogens (tertiary/aromatic N) is 18. The fourth-order valence-electron chi connectivity index (χ4n) is 22.3. The Kier molecular flexibility index (Phi) is 33.4. The fraction of sp³-hybridized carbons (Fsp3) is 0.450. The smallest absolute Gasteiger partial charge is 0.381 e. The largest absolute Gasteiger partial charge is 0.417 e. The molecule has 3 atom stereocenters. The first-order valence-corrected chi connectivity index (χ1v) is 53.5. The molecular formula is C111H129Cl3F4N24O8. The van der Waals surface area contributed by atoms with Crippen LogP contribution >= 0.6 is 34.8 Å². The number of alkyl halides is 3. The molecule has 12 aromatic rings. The lowest BCUT2D eigenvalue weighted by atomic mass is 9.88. The first kappa shape index (κ1) is 106. The third kappa shape index (κ3) is 24.7. The normalized spacial score (nSPS) is 18.9. The number of hydrogen-bond donors (Lipinski definition) is 6. The maximum atomic E-state index is 15.1. The number of halogens is 7. The summed E-state index contributed by atoms with van der Waals surface area (Å²) in [6.45, 7) is 26.7. The Morgan fingerprint density at radius 3 is 1.69 bits per heavy atom. The summed E-state index contributed by atoms with van der Waals surface area (Å²) in [4.78, 5) is 129. The van der Waals surface area contributed by atoms with Crippen molar-refractivity contribution in [3.63, 3.8) is 0 Å². The Bertz CT molecular complexity index is 7110. The van der Waals surface area contributed by atoms with Crippen molar-refractivity contribution < 1.29 is 41.4 Å². The highest BCUT2D eigenvalue weighted by molar-refractivity contribution is 6.39. The molecule has 39 heteroatoms. The maximum absolute atomic E-state index is 15.1. The number of carbonyl (C=O) groups excluding carboxylic acids is 3. The minimum Gasteiger partial charge on any atom is -0.381 e. The van der Waals surface area contributed by atoms with Gasteiger partial charge < -0.3 is 75.7 Å². The van der Waals surface area contributed by atoms with Crippen molar-refractivity contribution in [1.82, 2.24) is 88.6 Å². The molecule has 0 saturated carbocycles. The molecule has 16 heterocycles. The Morgan fingerprint density at radius 2 is 1.07 bits per heavy atom. The third-order valence-corrected chi connectivity index (χ3v) is 31.6. The molecule has 0 spiro atoms. The van der Waals surface area contributed by atoms with Gasteiger partial charge in [0.2, 0.25) is 35.6 Å². The molecule has 790 valence electrons. The van der Waals surface area contributed by atoms with Crippen LogP contribution in [-0.2, 0) is 49.7 Å². The van der Waals surface area contributed by atoms with E-state index in [1.807, 2.05) is 83.6 Å². The van der Waals surface area contributed by atoms with Crippen LogP contribution in [0.5, 0.6) is 0 Å². The number of aromatic nitrogens is 10. The van der Waals surface area contributed by atoms with Gasteiger partial charge in [-0.3, -0.25) is 52.4 Å². The molecule has 32 nitrogen and oxygen atoms in total. The zero-order chi connectivity index (χ0) is 105. The summed E-state index contributed by atoms with van der Waals surface area (Å²) >= 11 is 20.8. The third-order valence-electron chi connectivity index (χ3n) is 30.7. The lowest BCUT2D eigenvalue weighted by molar-refractivity contribution is -0.137. The van der Waals surface area contributed by atoms with Crippen LogP contribution in [0.3, 0.4) is 0 Å². The number of anilines is 9. The van der Waals surface area contributed by atoms with Gasteiger partial charge in [-0.05, 0) is 260 Å². The second kappa shape index (κ2) is 47.4. The van der Waals surface area contributed by atoms with Crippen molar-refractivity contribution >= 4 is 138 Å². The summed E-state index contributed by atoms with van der Waals surface area (Å²) in [7, 11) is 4.25. The van der Waals surface area contributed by atoms with Gasteiger partial charge in [-0.15, -0.1) is 0 Å². The predicted octanol–water partition coefficient (Wildman–Crippen LogP) is 17.3. The van der Waals surface area contributed by atoms with Crippen molar-refractivity contribution in [3.05, 3.63) is 233 Å². The highest BCUT2D eigenvalue weighted by Gasteiger charge is 2.39. The molecular weight excluding hydrogens is 1980 g/mol. The lowest BCUT2D eigenvalue weighted by Gasteiger charge is -2.33. The summed E-state index contributed by atoms with van der Waals surface area (Å²) < 4.78 is 75.1. The molecule has 21 rings (SSSR count). The number of ether oxygens (including phenoxy) is 2. The second-order valence-corrected chi connectivity index (χ2v) is 42.0. The van der Waals surface area contributed by atoms with Gasteiger partial charge in [0.15, 0.2) is 0 Å². The van der Waals surface area contributed by atoms with Crippen molar-refractivity contribution in [2.45, 2.75) is 160 Å². The van der Waals surface area contributed by atoms with Gasteiger partial charge >= 0.3 is 6.18 Å². The molecule has 3 unspecified atom stereocenters. The first-order valence-electron chi connectivity index (χ1n) is 52.4. The summed E-state index contributed by atoms with van der Waals surface area (Å²) in [5.74, 6) is 0.920. The van der Waals surface area contributed by atoms with Crippen LogP contribution in [0, 0.1) is 11.7 Å². The molecule has 0 radical (unpaired) electrons. The number of pyridine rings is 4. The number of likely N-dealkylation sites (N-methyl/N-ethyl adjacent to an activating group) is 1. The van der Waals surface area contributed by atoms with Crippen LogP contribution < -0.4 is 58.4 Å². The van der Waals surface area contributed by atoms with Crippen LogP contribution in [-0.4, -0.2) is 266 Å². The summed E-state index contributed by atoms with van der Waals surface area (Å²) in [6, 6.07) is 36.1. The first-order chi connectivity index (χ1) is 72.5. The summed E-state index contributed by atoms with van der Waals surface area (Å²) in [6.07, 6.45) is 13.7. The number of morpholine rings is 1. The SMILES string of the molecule is C=C(C)N1CCC(c2cnc(-c3cc4cnc(Nc5ccc(N6CCNCC6)c(F)c5)nc4n(CC4CCOCC4)c3=O)c(Cl)c2)C1.CC(=O)N1CCC(c2cc(Cl)c(-c3cc4cnc(Nc5ccc(NC6CCCN(C)C6)cc5)nc4n(CCN4CCOCC4)c3=O)c(Cl)c2)CC1.CC(=O)N1CCCC1c1ccc(-c2cc3cnc(Nc4ccc(N(C)C5CCNCC5)cc4)nc3n(CC(=O)N3CCCC3)c2=O)c(C(F)(F)F)c1. The van der Waals surface area contributed by atoms with Crippen molar-refractivity contribution in [1.29, 1.82) is 0 Å². The molecule has 150 heavy (non-hydrogen) atoms. The van der Waals surface area contributed by atoms with Crippen molar-refractivity contribution in [2.24, 2.45) is 5.92 Å². The Hall–Kier alpha value is -12.8. The van der Waals surface area contributed by atoms with Crippen LogP contribution in [0.2, 0.25) is 15.1 Å². The van der Waals surface area contributed by atoms with Gasteiger partial charge in [-0.2, -0.15) is 28.1 Å². The van der Waals surface area contributed by atoms with Crippen LogP contribution in [0.15, 0.2) is 173 Å². The lowest BCUT2D eigenvalue weighted by Crippen LogP contribution is -2.43. The van der Waals surface area contributed by atoms with Gasteiger partial charge in [-0.25, -0.2) is 19.3 Å². The summed E-state index contributed by atoms with van der Waals surface area (Å²) in [5.41, 5.74) is 8.56. The van der Waals surface area contributed by atoms with E-state index in [2.05, 4.69) is 104 Å². The maximum Gasteiger partial charge on any atom is 0.417 e. The number of carbonyl (C=O) groups is 3. The number of piperidine rings is 3. The number of likely N-dealkylation sites (tertiary alicyclic amines) is 5. The fourth-order valence-corrected chi connectivity index (χ4v) is 23.2. The molecule has 7 aromatic heterocycles. The number of rotatable bonds is 25. The second-order valence-electron chi connectivity index (χ2n) is 40.8. The Morgan fingerprint density at radius 1 is 0.500 bits per heavy atom. The van der Waals surface area contributed by atoms with E-state index in [4.69, 9.17) is 59.2 Å². The monoisotopic (exact) mass is 2110 g/mol. The molecule has 3 amide bonds. The quantitative estimate of drug-likeness (QED) is 0.0290. The molecule has 9 saturated heterocycles. The van der Waals surface area contributed by atoms with E-state index in [-0.39, 0.29) is 81.7 Å². The van der Waals surface area contributed by atoms with Gasteiger partial charge in [0.1, 0.15) is 29.3 Å². The molecule has 9 aliphatic heterocycles. The van der Waals surface area contributed by atoms with Gasteiger partial charge in [0.25, 0.3) is 16.7 Å². The van der Waals surface area contributed by atoms with E-state index in [0.29, 0.717) is 203 Å². The van der Waals surface area contributed by atoms with Gasteiger partial charge in [-0.1, -0.05) is 53.5 Å². The van der Waals surface area contributed by atoms with E-state index in [0.717, 1.165) is 187 Å². The molecule has 0 bridgehead atoms. The molecule has 5 aromatic carbocycles. The number of fused-ring (bicyclic) bond motifs is 3. The van der Waals surface area contributed by atoms with E-state index in [1.165, 1.54) is 37.7 Å². The molecule has 6 N–H and O–H groups in total. The topological polar surface area (TPSA) is 324 Å². The zero-order valence-electron chi connectivity index (χ0n) is 85.4.